The molecule has 7 heteroatoms. The molecule has 16 heavy (non-hydrogen) atoms. The Kier molecular flexibility index (Phi) is 3.09. The second kappa shape index (κ2) is 4.52. The number of halogens is 1. The van der Waals surface area contributed by atoms with Crippen LogP contribution in [-0.4, -0.2) is 45.3 Å². The highest BCUT2D eigenvalue weighted by Crippen LogP contribution is 2.17. The number of carboxylic acid groups (broad SMARTS) is 1. The number of aromatic nitrogens is 2. The van der Waals surface area contributed by atoms with Crippen molar-refractivity contribution in [2.45, 2.75) is 12.5 Å². The van der Waals surface area contributed by atoms with E-state index >= 15 is 0 Å². The Balaban J connectivity index is 1.94. The molecular formula is C9H10ClN3O3. The fraction of sp³-hybridized carbons (Fsp3) is 0.444. The van der Waals surface area contributed by atoms with Crippen LogP contribution in [0.2, 0.25) is 5.28 Å². The summed E-state index contributed by atoms with van der Waals surface area (Å²) in [7, 11) is 0. The first-order chi connectivity index (χ1) is 7.65. The van der Waals surface area contributed by atoms with Crippen molar-refractivity contribution >= 4 is 17.7 Å². The monoisotopic (exact) mass is 243 g/mol. The molecule has 1 atom stereocenters. The fourth-order valence-corrected chi connectivity index (χ4v) is 1.69. The predicted molar refractivity (Wildman–Crippen MR) is 55.7 cm³/mol. The Morgan fingerprint density at radius 2 is 2.50 bits per heavy atom. The van der Waals surface area contributed by atoms with E-state index in [1.54, 1.807) is 6.07 Å². The molecule has 1 amide bonds. The van der Waals surface area contributed by atoms with Crippen LogP contribution in [0, 0.1) is 0 Å². The zero-order chi connectivity index (χ0) is 11.5. The smallest absolute Gasteiger partial charge is 0.407 e. The third-order valence-electron chi connectivity index (χ3n) is 2.30. The van der Waals surface area contributed by atoms with Gasteiger partial charge < -0.3 is 14.7 Å². The van der Waals surface area contributed by atoms with Crippen molar-refractivity contribution in [3.05, 3.63) is 17.5 Å². The topological polar surface area (TPSA) is 75.5 Å². The second-order valence-corrected chi connectivity index (χ2v) is 3.76. The molecule has 0 unspecified atom stereocenters. The number of hydrogen-bond donors (Lipinski definition) is 1. The second-order valence-electron chi connectivity index (χ2n) is 3.42. The van der Waals surface area contributed by atoms with Crippen LogP contribution < -0.4 is 4.74 Å². The van der Waals surface area contributed by atoms with E-state index < -0.39 is 6.09 Å². The number of ether oxygens (including phenoxy) is 1. The van der Waals surface area contributed by atoms with Gasteiger partial charge in [0.1, 0.15) is 6.10 Å². The molecule has 6 nitrogen and oxygen atoms in total. The highest BCUT2D eigenvalue weighted by atomic mass is 35.5. The molecule has 1 aromatic heterocycles. The van der Waals surface area contributed by atoms with Gasteiger partial charge in [0.25, 0.3) is 0 Å². The summed E-state index contributed by atoms with van der Waals surface area (Å²) in [5.74, 6) is 0.372. The molecular weight excluding hydrogens is 234 g/mol. The van der Waals surface area contributed by atoms with E-state index in [0.717, 1.165) is 0 Å². The molecule has 2 heterocycles. The highest BCUT2D eigenvalue weighted by Gasteiger charge is 2.27. The van der Waals surface area contributed by atoms with Crippen LogP contribution in [-0.2, 0) is 0 Å². The quantitative estimate of drug-likeness (QED) is 0.792. The fourth-order valence-electron chi connectivity index (χ4n) is 1.55. The van der Waals surface area contributed by atoms with Crippen LogP contribution in [0.1, 0.15) is 6.42 Å². The van der Waals surface area contributed by atoms with Gasteiger partial charge in [-0.2, -0.15) is 4.98 Å². The molecule has 1 fully saturated rings. The zero-order valence-electron chi connectivity index (χ0n) is 8.34. The summed E-state index contributed by atoms with van der Waals surface area (Å²) in [5, 5.41) is 8.88. The van der Waals surface area contributed by atoms with E-state index in [0.29, 0.717) is 25.4 Å². The summed E-state index contributed by atoms with van der Waals surface area (Å²) in [6, 6.07) is 1.59. The number of hydrogen-bond acceptors (Lipinski definition) is 4. The Bertz CT molecular complexity index is 401. The number of carbonyl (C=O) groups is 1. The SMILES string of the molecule is O=C(O)N1CC[C@H](Oc2ccnc(Cl)n2)C1. The van der Waals surface area contributed by atoms with Gasteiger partial charge in [-0.1, -0.05) is 0 Å². The maximum Gasteiger partial charge on any atom is 0.407 e. The van der Waals surface area contributed by atoms with Gasteiger partial charge in [-0.3, -0.25) is 0 Å². The van der Waals surface area contributed by atoms with Crippen molar-refractivity contribution in [1.29, 1.82) is 0 Å². The maximum absolute atomic E-state index is 10.7. The first-order valence-electron chi connectivity index (χ1n) is 4.78. The molecule has 86 valence electrons. The molecule has 0 spiro atoms. The van der Waals surface area contributed by atoms with Gasteiger partial charge >= 0.3 is 6.09 Å². The van der Waals surface area contributed by atoms with Crippen molar-refractivity contribution in [1.82, 2.24) is 14.9 Å². The summed E-state index contributed by atoms with van der Waals surface area (Å²) >= 11 is 5.60. The van der Waals surface area contributed by atoms with Gasteiger partial charge in [-0.25, -0.2) is 9.78 Å². The van der Waals surface area contributed by atoms with Crippen LogP contribution in [0.4, 0.5) is 4.79 Å². The minimum absolute atomic E-state index is 0.116. The lowest BCUT2D eigenvalue weighted by atomic mass is 10.3. The zero-order valence-corrected chi connectivity index (χ0v) is 9.09. The van der Waals surface area contributed by atoms with Crippen LogP contribution in [0.5, 0.6) is 5.88 Å². The first kappa shape index (κ1) is 10.9. The first-order valence-corrected chi connectivity index (χ1v) is 5.16. The lowest BCUT2D eigenvalue weighted by Gasteiger charge is -2.13. The van der Waals surface area contributed by atoms with Gasteiger partial charge in [0, 0.05) is 25.2 Å². The number of rotatable bonds is 2. The van der Waals surface area contributed by atoms with Gasteiger partial charge in [0.15, 0.2) is 0 Å². The predicted octanol–water partition coefficient (Wildman–Crippen LogP) is 1.26. The van der Waals surface area contributed by atoms with E-state index in [2.05, 4.69) is 9.97 Å². The molecule has 0 saturated carbocycles. The number of amides is 1. The lowest BCUT2D eigenvalue weighted by molar-refractivity contribution is 0.144. The van der Waals surface area contributed by atoms with E-state index in [-0.39, 0.29) is 11.4 Å². The van der Waals surface area contributed by atoms with E-state index in [4.69, 9.17) is 21.4 Å². The molecule has 1 aromatic rings. The third-order valence-corrected chi connectivity index (χ3v) is 2.49. The van der Waals surface area contributed by atoms with Gasteiger partial charge in [0.05, 0.1) is 6.54 Å². The largest absolute Gasteiger partial charge is 0.472 e. The third kappa shape index (κ3) is 2.52. The molecule has 0 aliphatic carbocycles. The van der Waals surface area contributed by atoms with E-state index in [1.807, 2.05) is 0 Å². The van der Waals surface area contributed by atoms with Gasteiger partial charge in [0.2, 0.25) is 11.2 Å². The molecule has 2 rings (SSSR count). The molecule has 0 bridgehead atoms. The minimum Gasteiger partial charge on any atom is -0.472 e. The summed E-state index contributed by atoms with van der Waals surface area (Å²) in [4.78, 5) is 19.6. The molecule has 1 saturated heterocycles. The average molecular weight is 244 g/mol. The van der Waals surface area contributed by atoms with Crippen molar-refractivity contribution in [2.24, 2.45) is 0 Å². The molecule has 1 aliphatic heterocycles. The Labute approximate surface area is 96.8 Å². The Morgan fingerprint density at radius 1 is 1.69 bits per heavy atom. The van der Waals surface area contributed by atoms with Crippen molar-refractivity contribution in [2.75, 3.05) is 13.1 Å². The Hall–Kier alpha value is -1.56. The van der Waals surface area contributed by atoms with E-state index in [1.165, 1.54) is 11.1 Å². The van der Waals surface area contributed by atoms with E-state index in [9.17, 15) is 4.79 Å². The van der Waals surface area contributed by atoms with Crippen molar-refractivity contribution < 1.29 is 14.6 Å². The van der Waals surface area contributed by atoms with Gasteiger partial charge in [-0.05, 0) is 11.6 Å². The highest BCUT2D eigenvalue weighted by molar-refractivity contribution is 6.28. The van der Waals surface area contributed by atoms with Crippen molar-refractivity contribution in [3.63, 3.8) is 0 Å². The van der Waals surface area contributed by atoms with Crippen LogP contribution in [0.3, 0.4) is 0 Å². The number of likely N-dealkylation sites (tertiary alicyclic amines) is 1. The van der Waals surface area contributed by atoms with Gasteiger partial charge in [-0.15, -0.1) is 0 Å². The van der Waals surface area contributed by atoms with Crippen LogP contribution in [0.25, 0.3) is 0 Å². The minimum atomic E-state index is -0.924. The Morgan fingerprint density at radius 3 is 3.12 bits per heavy atom. The summed E-state index contributed by atoms with van der Waals surface area (Å²) in [5.41, 5.74) is 0. The standard InChI is InChI=1S/C9H10ClN3O3/c10-8-11-3-1-7(12-8)16-6-2-4-13(5-6)9(14)15/h1,3,6H,2,4-5H2,(H,14,15)/t6-/m0/s1. The maximum atomic E-state index is 10.7. The molecule has 0 aromatic carbocycles. The lowest BCUT2D eigenvalue weighted by Crippen LogP contribution is -2.29. The normalized spacial score (nSPS) is 19.8. The number of nitrogens with zero attached hydrogens (tertiary/aromatic N) is 3. The van der Waals surface area contributed by atoms with Crippen LogP contribution >= 0.6 is 11.6 Å². The average Bonchev–Trinajstić information content (AvgIpc) is 2.66. The summed E-state index contributed by atoms with van der Waals surface area (Å²) < 4.78 is 5.50. The van der Waals surface area contributed by atoms with Crippen molar-refractivity contribution in [3.8, 4) is 5.88 Å². The molecule has 0 radical (unpaired) electrons. The van der Waals surface area contributed by atoms with Crippen LogP contribution in [0.15, 0.2) is 12.3 Å². The summed E-state index contributed by atoms with van der Waals surface area (Å²) in [6.45, 7) is 0.843. The molecule has 1 aliphatic rings. The summed E-state index contributed by atoms with van der Waals surface area (Å²) in [6.07, 6.45) is 1.07. The molecule has 1 N–H and O–H groups in total.